The summed E-state index contributed by atoms with van der Waals surface area (Å²) in [7, 11) is -2.88. The number of aromatic nitrogens is 2. The number of imidazole rings is 1. The Balaban J connectivity index is 2.54. The number of nitrogens with one attached hydrogen (secondary N) is 2. The van der Waals surface area contributed by atoms with Crippen molar-refractivity contribution in [3.8, 4) is 0 Å². The second-order valence-electron chi connectivity index (χ2n) is 2.88. The lowest BCUT2D eigenvalue weighted by Gasteiger charge is -2.10. The highest BCUT2D eigenvalue weighted by atomic mass is 32.2. The van der Waals surface area contributed by atoms with Crippen LogP contribution in [-0.4, -0.2) is 24.1 Å². The number of fused-ring (bicyclic) bond motifs is 1. The fourth-order valence-electron chi connectivity index (χ4n) is 1.34. The first-order valence-corrected chi connectivity index (χ1v) is 5.80. The fourth-order valence-corrected chi connectivity index (χ4v) is 2.93. The lowest BCUT2D eigenvalue weighted by Crippen LogP contribution is -2.18. The average Bonchev–Trinajstić information content (AvgIpc) is 2.26. The number of hydrogen-bond acceptors (Lipinski definition) is 3. The third-order valence-corrected chi connectivity index (χ3v) is 3.68. The van der Waals surface area contributed by atoms with Crippen molar-refractivity contribution in [3.05, 3.63) is 16.2 Å². The molecule has 2 rings (SSSR count). The van der Waals surface area contributed by atoms with Gasteiger partial charge in [0.05, 0.1) is 17.2 Å². The van der Waals surface area contributed by atoms with E-state index in [9.17, 15) is 8.42 Å². The van der Waals surface area contributed by atoms with E-state index in [1.54, 1.807) is 0 Å². The molecule has 1 aliphatic rings. The molecule has 0 saturated carbocycles. The van der Waals surface area contributed by atoms with Crippen molar-refractivity contribution < 1.29 is 8.42 Å². The third kappa shape index (κ3) is 1.32. The van der Waals surface area contributed by atoms with Crippen LogP contribution in [0, 0.1) is 4.77 Å². The molecule has 1 aromatic heterocycles. The fraction of sp³-hybridized carbons (Fsp3) is 0.500. The van der Waals surface area contributed by atoms with Crippen LogP contribution in [0.1, 0.15) is 11.4 Å². The minimum absolute atomic E-state index is 0.0927. The summed E-state index contributed by atoms with van der Waals surface area (Å²) in [6, 6.07) is 0. The van der Waals surface area contributed by atoms with Crippen LogP contribution in [-0.2, 0) is 22.0 Å². The Kier molecular flexibility index (Phi) is 1.62. The van der Waals surface area contributed by atoms with Gasteiger partial charge in [-0.15, -0.1) is 0 Å². The van der Waals surface area contributed by atoms with Crippen LogP contribution in [0.25, 0.3) is 0 Å². The van der Waals surface area contributed by atoms with Gasteiger partial charge >= 0.3 is 0 Å². The molecule has 0 unspecified atom stereocenters. The molecular formula is C6H8N2O2S2. The van der Waals surface area contributed by atoms with Gasteiger partial charge in [-0.05, 0) is 12.2 Å². The van der Waals surface area contributed by atoms with E-state index in [0.29, 0.717) is 11.2 Å². The molecule has 2 heterocycles. The first-order valence-electron chi connectivity index (χ1n) is 3.57. The number of rotatable bonds is 0. The molecule has 0 radical (unpaired) electrons. The number of H-pyrrole nitrogens is 2. The first-order chi connectivity index (χ1) is 5.57. The minimum Gasteiger partial charge on any atom is -0.334 e. The van der Waals surface area contributed by atoms with Gasteiger partial charge in [0.1, 0.15) is 0 Å². The molecule has 1 aliphatic heterocycles. The van der Waals surface area contributed by atoms with Crippen LogP contribution in [0.4, 0.5) is 0 Å². The highest BCUT2D eigenvalue weighted by Crippen LogP contribution is 2.16. The normalized spacial score (nSPS) is 20.3. The second kappa shape index (κ2) is 2.43. The van der Waals surface area contributed by atoms with Crippen molar-refractivity contribution in [2.75, 3.05) is 5.75 Å². The van der Waals surface area contributed by atoms with Gasteiger partial charge in [0.2, 0.25) is 0 Å². The standard InChI is InChI=1S/C6H8N2O2S2/c9-12(10)2-1-4-5(3-12)8-6(11)7-4/h1-3H2,(H2,7,8,11). The summed E-state index contributed by atoms with van der Waals surface area (Å²) in [5, 5.41) is 0. The molecule has 0 amide bonds. The van der Waals surface area contributed by atoms with E-state index in [-0.39, 0.29) is 11.5 Å². The predicted molar refractivity (Wildman–Crippen MR) is 47.2 cm³/mol. The number of hydrogen-bond donors (Lipinski definition) is 2. The zero-order valence-corrected chi connectivity index (χ0v) is 7.89. The lowest BCUT2D eigenvalue weighted by atomic mass is 10.3. The van der Waals surface area contributed by atoms with E-state index < -0.39 is 9.84 Å². The van der Waals surface area contributed by atoms with Crippen LogP contribution >= 0.6 is 12.2 Å². The molecule has 0 aromatic carbocycles. The summed E-state index contributed by atoms with van der Waals surface area (Å²) >= 11 is 4.85. The molecule has 2 N–H and O–H groups in total. The largest absolute Gasteiger partial charge is 0.334 e. The Labute approximate surface area is 74.9 Å². The van der Waals surface area contributed by atoms with Crippen molar-refractivity contribution in [2.45, 2.75) is 12.2 Å². The molecule has 12 heavy (non-hydrogen) atoms. The Morgan fingerprint density at radius 2 is 1.92 bits per heavy atom. The van der Waals surface area contributed by atoms with Gasteiger partial charge in [0.25, 0.3) is 0 Å². The second-order valence-corrected chi connectivity index (χ2v) is 5.47. The van der Waals surface area contributed by atoms with Crippen LogP contribution in [0.5, 0.6) is 0 Å². The number of sulfone groups is 1. The number of aromatic amines is 2. The molecule has 66 valence electrons. The Morgan fingerprint density at radius 1 is 1.25 bits per heavy atom. The smallest absolute Gasteiger partial charge is 0.174 e. The quantitative estimate of drug-likeness (QED) is 0.606. The molecule has 0 atom stereocenters. The molecule has 6 heteroatoms. The average molecular weight is 204 g/mol. The molecule has 0 bridgehead atoms. The van der Waals surface area contributed by atoms with Crippen molar-refractivity contribution in [3.63, 3.8) is 0 Å². The molecule has 0 fully saturated rings. The van der Waals surface area contributed by atoms with Crippen LogP contribution < -0.4 is 0 Å². The zero-order chi connectivity index (χ0) is 8.77. The predicted octanol–water partition coefficient (Wildman–Crippen LogP) is 0.543. The summed E-state index contributed by atoms with van der Waals surface area (Å²) < 4.78 is 22.8. The maximum atomic E-state index is 11.2. The van der Waals surface area contributed by atoms with Crippen LogP contribution in [0.2, 0.25) is 0 Å². The molecule has 4 nitrogen and oxygen atoms in total. The third-order valence-electron chi connectivity index (χ3n) is 1.92. The Hall–Kier alpha value is -0.620. The number of aryl methyl sites for hydroxylation is 1. The minimum atomic E-state index is -2.88. The molecule has 0 spiro atoms. The van der Waals surface area contributed by atoms with Crippen LogP contribution in [0.3, 0.4) is 0 Å². The SMILES string of the molecule is O=S1(=O)CCc2[nH]c(=S)[nH]c2C1. The summed E-state index contributed by atoms with van der Waals surface area (Å²) in [4.78, 5) is 5.76. The van der Waals surface area contributed by atoms with Gasteiger partial charge in [0, 0.05) is 12.1 Å². The lowest BCUT2D eigenvalue weighted by molar-refractivity contribution is 0.590. The zero-order valence-electron chi connectivity index (χ0n) is 6.25. The Morgan fingerprint density at radius 3 is 2.67 bits per heavy atom. The Bertz CT molecular complexity index is 454. The highest BCUT2D eigenvalue weighted by molar-refractivity contribution is 7.90. The molecule has 0 saturated heterocycles. The van der Waals surface area contributed by atoms with Crippen molar-refractivity contribution in [1.29, 1.82) is 0 Å². The van der Waals surface area contributed by atoms with Gasteiger partial charge in [-0.3, -0.25) is 0 Å². The van der Waals surface area contributed by atoms with Gasteiger partial charge in [-0.1, -0.05) is 0 Å². The summed E-state index contributed by atoms with van der Waals surface area (Å²) in [6.45, 7) is 0. The van der Waals surface area contributed by atoms with Gasteiger partial charge < -0.3 is 9.97 Å². The first kappa shape index (κ1) is 8.00. The van der Waals surface area contributed by atoms with Gasteiger partial charge in [-0.25, -0.2) is 8.42 Å². The van der Waals surface area contributed by atoms with E-state index in [2.05, 4.69) is 9.97 Å². The molecule has 0 aliphatic carbocycles. The van der Waals surface area contributed by atoms with Crippen LogP contribution in [0.15, 0.2) is 0 Å². The summed E-state index contributed by atoms with van der Waals surface area (Å²) in [5.74, 6) is 0.318. The topological polar surface area (TPSA) is 65.7 Å². The van der Waals surface area contributed by atoms with Crippen molar-refractivity contribution in [1.82, 2.24) is 9.97 Å². The van der Waals surface area contributed by atoms with Gasteiger partial charge in [0.15, 0.2) is 14.6 Å². The van der Waals surface area contributed by atoms with E-state index in [0.717, 1.165) is 11.4 Å². The summed E-state index contributed by atoms with van der Waals surface area (Å²) in [6.07, 6.45) is 0.546. The summed E-state index contributed by atoms with van der Waals surface area (Å²) in [5.41, 5.74) is 1.67. The maximum Gasteiger partial charge on any atom is 0.174 e. The molecular weight excluding hydrogens is 196 g/mol. The van der Waals surface area contributed by atoms with E-state index in [4.69, 9.17) is 12.2 Å². The van der Waals surface area contributed by atoms with Gasteiger partial charge in [-0.2, -0.15) is 0 Å². The maximum absolute atomic E-state index is 11.2. The monoisotopic (exact) mass is 204 g/mol. The van der Waals surface area contributed by atoms with E-state index >= 15 is 0 Å². The van der Waals surface area contributed by atoms with E-state index in [1.807, 2.05) is 0 Å². The van der Waals surface area contributed by atoms with Crippen molar-refractivity contribution >= 4 is 22.1 Å². The van der Waals surface area contributed by atoms with E-state index in [1.165, 1.54) is 0 Å². The van der Waals surface area contributed by atoms with Crippen molar-refractivity contribution in [2.24, 2.45) is 0 Å². The molecule has 1 aromatic rings. The highest BCUT2D eigenvalue weighted by Gasteiger charge is 2.22.